The van der Waals surface area contributed by atoms with Crippen LogP contribution in [0.25, 0.3) is 0 Å². The minimum absolute atomic E-state index is 0.0163. The molecule has 4 nitrogen and oxygen atoms in total. The molecule has 1 aliphatic heterocycles. The van der Waals surface area contributed by atoms with Crippen molar-refractivity contribution in [3.8, 4) is 6.07 Å². The highest BCUT2D eigenvalue weighted by Crippen LogP contribution is 2.32. The predicted octanol–water partition coefficient (Wildman–Crippen LogP) is 1.87. The van der Waals surface area contributed by atoms with Crippen LogP contribution in [0.2, 0.25) is 0 Å². The number of nitriles is 1. The molecule has 3 unspecified atom stereocenters. The van der Waals surface area contributed by atoms with Gasteiger partial charge in [0.2, 0.25) is 5.91 Å². The smallest absolute Gasteiger partial charge is 0.226 e. The first kappa shape index (κ1) is 14.3. The highest BCUT2D eigenvalue weighted by molar-refractivity contribution is 5.79. The second kappa shape index (κ2) is 6.38. The van der Waals surface area contributed by atoms with E-state index < -0.39 is 0 Å². The van der Waals surface area contributed by atoms with Crippen molar-refractivity contribution in [2.24, 2.45) is 11.8 Å². The monoisotopic (exact) mass is 263 g/mol. The maximum absolute atomic E-state index is 12.5. The SMILES string of the molecule is CCC(C#N)N1CCN(C(=O)C2CCCC2C)CC1. The van der Waals surface area contributed by atoms with Crippen LogP contribution in [0.15, 0.2) is 0 Å². The normalized spacial score (nSPS) is 30.1. The van der Waals surface area contributed by atoms with Gasteiger partial charge in [-0.1, -0.05) is 20.3 Å². The van der Waals surface area contributed by atoms with Crippen LogP contribution in [0.3, 0.4) is 0 Å². The van der Waals surface area contributed by atoms with Gasteiger partial charge in [0.1, 0.15) is 0 Å². The molecule has 0 spiro atoms. The molecule has 1 saturated carbocycles. The Morgan fingerprint density at radius 3 is 2.47 bits per heavy atom. The Morgan fingerprint density at radius 2 is 2.00 bits per heavy atom. The highest BCUT2D eigenvalue weighted by atomic mass is 16.2. The van der Waals surface area contributed by atoms with Gasteiger partial charge in [-0.15, -0.1) is 0 Å². The number of nitrogens with zero attached hydrogens (tertiary/aromatic N) is 3. The lowest BCUT2D eigenvalue weighted by atomic mass is 9.96. The summed E-state index contributed by atoms with van der Waals surface area (Å²) in [6.07, 6.45) is 4.33. The Morgan fingerprint density at radius 1 is 1.32 bits per heavy atom. The van der Waals surface area contributed by atoms with E-state index in [0.717, 1.165) is 39.0 Å². The molecule has 1 amide bonds. The maximum Gasteiger partial charge on any atom is 0.226 e. The maximum atomic E-state index is 12.5. The van der Waals surface area contributed by atoms with Gasteiger partial charge in [0.05, 0.1) is 12.1 Å². The minimum Gasteiger partial charge on any atom is -0.340 e. The molecule has 0 bridgehead atoms. The van der Waals surface area contributed by atoms with Crippen molar-refractivity contribution in [2.75, 3.05) is 26.2 Å². The molecule has 4 heteroatoms. The topological polar surface area (TPSA) is 47.3 Å². The molecule has 1 heterocycles. The van der Waals surface area contributed by atoms with Gasteiger partial charge in [-0.2, -0.15) is 5.26 Å². The summed E-state index contributed by atoms with van der Waals surface area (Å²) in [5.41, 5.74) is 0. The number of hydrogen-bond acceptors (Lipinski definition) is 3. The summed E-state index contributed by atoms with van der Waals surface area (Å²) < 4.78 is 0. The molecule has 0 aromatic heterocycles. The molecular weight excluding hydrogens is 238 g/mol. The van der Waals surface area contributed by atoms with Crippen LogP contribution in [-0.4, -0.2) is 47.9 Å². The number of hydrogen-bond donors (Lipinski definition) is 0. The number of amides is 1. The van der Waals surface area contributed by atoms with Gasteiger partial charge in [0.25, 0.3) is 0 Å². The van der Waals surface area contributed by atoms with Gasteiger partial charge in [0, 0.05) is 32.1 Å². The number of piperazine rings is 1. The molecule has 1 aliphatic carbocycles. The fourth-order valence-electron chi connectivity index (χ4n) is 3.43. The van der Waals surface area contributed by atoms with Crippen molar-refractivity contribution in [1.29, 1.82) is 5.26 Å². The van der Waals surface area contributed by atoms with E-state index >= 15 is 0 Å². The number of rotatable bonds is 3. The van der Waals surface area contributed by atoms with Gasteiger partial charge in [-0.05, 0) is 25.2 Å². The van der Waals surface area contributed by atoms with Crippen LogP contribution in [0, 0.1) is 23.2 Å². The summed E-state index contributed by atoms with van der Waals surface area (Å²) in [4.78, 5) is 16.7. The molecule has 3 atom stereocenters. The molecular formula is C15H25N3O. The van der Waals surface area contributed by atoms with Crippen molar-refractivity contribution in [3.63, 3.8) is 0 Å². The second-order valence-corrected chi connectivity index (χ2v) is 5.93. The highest BCUT2D eigenvalue weighted by Gasteiger charge is 2.34. The summed E-state index contributed by atoms with van der Waals surface area (Å²) in [5.74, 6) is 1.16. The molecule has 2 aliphatic rings. The summed E-state index contributed by atoms with van der Waals surface area (Å²) in [5, 5.41) is 9.09. The molecule has 0 N–H and O–H groups in total. The summed E-state index contributed by atoms with van der Waals surface area (Å²) in [7, 11) is 0. The fourth-order valence-corrected chi connectivity index (χ4v) is 3.43. The molecule has 106 valence electrons. The third-order valence-electron chi connectivity index (χ3n) is 4.78. The summed E-state index contributed by atoms with van der Waals surface area (Å²) in [6.45, 7) is 7.53. The molecule has 0 radical (unpaired) electrons. The van der Waals surface area contributed by atoms with Gasteiger partial charge in [-0.25, -0.2) is 0 Å². The lowest BCUT2D eigenvalue weighted by Crippen LogP contribution is -2.53. The largest absolute Gasteiger partial charge is 0.340 e. The summed E-state index contributed by atoms with van der Waals surface area (Å²) >= 11 is 0. The quantitative estimate of drug-likeness (QED) is 0.781. The van der Waals surface area contributed by atoms with Crippen molar-refractivity contribution in [1.82, 2.24) is 9.80 Å². The van der Waals surface area contributed by atoms with Crippen LogP contribution in [-0.2, 0) is 4.79 Å². The Kier molecular flexibility index (Phi) is 4.81. The lowest BCUT2D eigenvalue weighted by Gasteiger charge is -2.38. The Labute approximate surface area is 116 Å². The van der Waals surface area contributed by atoms with Crippen LogP contribution in [0.4, 0.5) is 0 Å². The first-order chi connectivity index (χ1) is 9.17. The minimum atomic E-state index is 0.0163. The van der Waals surface area contributed by atoms with E-state index in [4.69, 9.17) is 5.26 Å². The lowest BCUT2D eigenvalue weighted by molar-refractivity contribution is -0.138. The third kappa shape index (κ3) is 3.09. The molecule has 19 heavy (non-hydrogen) atoms. The Bertz CT molecular complexity index is 355. The van der Waals surface area contributed by atoms with Crippen molar-refractivity contribution >= 4 is 5.91 Å². The van der Waals surface area contributed by atoms with Gasteiger partial charge >= 0.3 is 0 Å². The van der Waals surface area contributed by atoms with E-state index in [9.17, 15) is 4.79 Å². The van der Waals surface area contributed by atoms with Gasteiger partial charge in [0.15, 0.2) is 0 Å². The first-order valence-corrected chi connectivity index (χ1v) is 7.59. The first-order valence-electron chi connectivity index (χ1n) is 7.59. The van der Waals surface area contributed by atoms with E-state index in [1.807, 2.05) is 11.8 Å². The Balaban J connectivity index is 1.86. The zero-order chi connectivity index (χ0) is 13.8. The number of carbonyl (C=O) groups is 1. The molecule has 2 rings (SSSR count). The average molecular weight is 263 g/mol. The standard InChI is InChI=1S/C15H25N3O/c1-3-13(11-16)17-7-9-18(10-8-17)15(19)14-6-4-5-12(14)2/h12-14H,3-10H2,1-2H3. The van der Waals surface area contributed by atoms with Crippen LogP contribution in [0.5, 0.6) is 0 Å². The van der Waals surface area contributed by atoms with Crippen molar-refractivity contribution in [2.45, 2.75) is 45.6 Å². The zero-order valence-corrected chi connectivity index (χ0v) is 12.1. The zero-order valence-electron chi connectivity index (χ0n) is 12.1. The van der Waals surface area contributed by atoms with Crippen LogP contribution >= 0.6 is 0 Å². The third-order valence-corrected chi connectivity index (χ3v) is 4.78. The van der Waals surface area contributed by atoms with Crippen LogP contribution < -0.4 is 0 Å². The molecule has 2 fully saturated rings. The number of carbonyl (C=O) groups excluding carboxylic acids is 1. The molecule has 0 aromatic carbocycles. The van der Waals surface area contributed by atoms with Crippen molar-refractivity contribution < 1.29 is 4.79 Å². The van der Waals surface area contributed by atoms with E-state index in [1.54, 1.807) is 0 Å². The van der Waals surface area contributed by atoms with E-state index in [2.05, 4.69) is 17.9 Å². The van der Waals surface area contributed by atoms with E-state index in [1.165, 1.54) is 12.8 Å². The molecule has 1 saturated heterocycles. The average Bonchev–Trinajstić information content (AvgIpc) is 2.86. The van der Waals surface area contributed by atoms with E-state index in [-0.39, 0.29) is 12.0 Å². The van der Waals surface area contributed by atoms with E-state index in [0.29, 0.717) is 11.8 Å². The summed E-state index contributed by atoms with van der Waals surface area (Å²) in [6, 6.07) is 2.37. The van der Waals surface area contributed by atoms with Crippen molar-refractivity contribution in [3.05, 3.63) is 0 Å². The molecule has 0 aromatic rings. The van der Waals surface area contributed by atoms with Gasteiger partial charge in [-0.3, -0.25) is 9.69 Å². The Hall–Kier alpha value is -1.08. The second-order valence-electron chi connectivity index (χ2n) is 5.93. The van der Waals surface area contributed by atoms with Crippen LogP contribution in [0.1, 0.15) is 39.5 Å². The van der Waals surface area contributed by atoms with Gasteiger partial charge < -0.3 is 4.90 Å². The fraction of sp³-hybridized carbons (Fsp3) is 0.867. The predicted molar refractivity (Wildman–Crippen MR) is 74.4 cm³/mol.